The van der Waals surface area contributed by atoms with E-state index < -0.39 is 18.8 Å². The third kappa shape index (κ3) is 5.96. The molecule has 1 aliphatic rings. The molecule has 3 rings (SSSR count). The summed E-state index contributed by atoms with van der Waals surface area (Å²) in [5.41, 5.74) is 0.616. The molecule has 29 heavy (non-hydrogen) atoms. The minimum Gasteiger partial charge on any atom is -0.484 e. The Morgan fingerprint density at radius 2 is 2.03 bits per heavy atom. The smallest absolute Gasteiger partial charge is 0.422 e. The molecule has 1 fully saturated rings. The molecule has 2 amide bonds. The number of benzene rings is 1. The van der Waals surface area contributed by atoms with E-state index in [1.807, 2.05) is 5.38 Å². The number of hydrogen-bond donors (Lipinski definition) is 1. The lowest BCUT2D eigenvalue weighted by Crippen LogP contribution is -2.51. The van der Waals surface area contributed by atoms with Gasteiger partial charge in [0.25, 0.3) is 5.91 Å². The van der Waals surface area contributed by atoms with Gasteiger partial charge in [0.05, 0.1) is 4.88 Å². The lowest BCUT2D eigenvalue weighted by atomic mass is 10.0. The maximum Gasteiger partial charge on any atom is 0.422 e. The highest BCUT2D eigenvalue weighted by molar-refractivity contribution is 7.12. The SMILES string of the molecule is O=C(NCc1cccc(OCC(F)(F)F)c1)C1CCCCN1C(=O)c1cccs1. The zero-order chi connectivity index (χ0) is 20.9. The number of alkyl halides is 3. The Hall–Kier alpha value is -2.55. The molecule has 0 spiro atoms. The van der Waals surface area contributed by atoms with Crippen molar-refractivity contribution >= 4 is 23.2 Å². The number of amides is 2. The first kappa shape index (κ1) is 21.2. The van der Waals surface area contributed by atoms with Crippen molar-refractivity contribution in [2.75, 3.05) is 13.2 Å². The molecule has 0 aliphatic carbocycles. The monoisotopic (exact) mass is 426 g/mol. The fourth-order valence-corrected chi connectivity index (χ4v) is 3.89. The fourth-order valence-electron chi connectivity index (χ4n) is 3.21. The van der Waals surface area contributed by atoms with Crippen LogP contribution in [0.4, 0.5) is 13.2 Å². The maximum absolute atomic E-state index is 12.7. The van der Waals surface area contributed by atoms with Crippen molar-refractivity contribution in [3.8, 4) is 5.75 Å². The minimum absolute atomic E-state index is 0.0845. The molecule has 5 nitrogen and oxygen atoms in total. The molecule has 2 aromatic rings. The molecule has 0 bridgehead atoms. The normalized spacial score (nSPS) is 17.1. The second-order valence-corrected chi connectivity index (χ2v) is 7.70. The first-order valence-electron chi connectivity index (χ1n) is 9.24. The first-order chi connectivity index (χ1) is 13.8. The molecule has 1 atom stereocenters. The van der Waals surface area contributed by atoms with E-state index in [4.69, 9.17) is 4.74 Å². The van der Waals surface area contributed by atoms with Crippen molar-refractivity contribution in [2.45, 2.75) is 38.0 Å². The van der Waals surface area contributed by atoms with Crippen LogP contribution in [0.25, 0.3) is 0 Å². The largest absolute Gasteiger partial charge is 0.484 e. The Kier molecular flexibility index (Phi) is 6.79. The Labute approximate surface area is 170 Å². The van der Waals surface area contributed by atoms with Gasteiger partial charge >= 0.3 is 6.18 Å². The molecule has 0 saturated carbocycles. The van der Waals surface area contributed by atoms with Gasteiger partial charge in [0.1, 0.15) is 11.8 Å². The average Bonchev–Trinajstić information content (AvgIpc) is 3.25. The highest BCUT2D eigenvalue weighted by Crippen LogP contribution is 2.23. The Bertz CT molecular complexity index is 840. The number of piperidine rings is 1. The van der Waals surface area contributed by atoms with Crippen LogP contribution in [0, 0.1) is 0 Å². The van der Waals surface area contributed by atoms with E-state index in [0.29, 0.717) is 23.4 Å². The van der Waals surface area contributed by atoms with Crippen LogP contribution >= 0.6 is 11.3 Å². The van der Waals surface area contributed by atoms with Gasteiger partial charge in [-0.2, -0.15) is 13.2 Å². The average molecular weight is 426 g/mol. The van der Waals surface area contributed by atoms with Gasteiger partial charge in [-0.15, -0.1) is 11.3 Å². The molecular weight excluding hydrogens is 405 g/mol. The molecule has 1 unspecified atom stereocenters. The molecule has 1 aromatic carbocycles. The molecule has 1 aliphatic heterocycles. The molecule has 0 radical (unpaired) electrons. The predicted octanol–water partition coefficient (Wildman–Crippen LogP) is 4.00. The number of ether oxygens (including phenoxy) is 1. The van der Waals surface area contributed by atoms with Gasteiger partial charge in [0.2, 0.25) is 5.91 Å². The fraction of sp³-hybridized carbons (Fsp3) is 0.400. The van der Waals surface area contributed by atoms with E-state index in [9.17, 15) is 22.8 Å². The van der Waals surface area contributed by atoms with Crippen LogP contribution in [-0.2, 0) is 11.3 Å². The highest BCUT2D eigenvalue weighted by atomic mass is 32.1. The van der Waals surface area contributed by atoms with Gasteiger partial charge in [-0.05, 0) is 48.4 Å². The van der Waals surface area contributed by atoms with Crippen molar-refractivity contribution in [3.63, 3.8) is 0 Å². The number of thiophene rings is 1. The Morgan fingerprint density at radius 1 is 1.21 bits per heavy atom. The summed E-state index contributed by atoms with van der Waals surface area (Å²) < 4.78 is 41.6. The Morgan fingerprint density at radius 3 is 2.76 bits per heavy atom. The highest BCUT2D eigenvalue weighted by Gasteiger charge is 2.33. The summed E-state index contributed by atoms with van der Waals surface area (Å²) >= 11 is 1.34. The summed E-state index contributed by atoms with van der Waals surface area (Å²) in [7, 11) is 0. The standard InChI is InChI=1S/C20H21F3N2O3S/c21-20(22,23)13-28-15-6-3-5-14(11-15)12-24-18(26)16-7-1-2-9-25(16)19(27)17-8-4-10-29-17/h3-6,8,10-11,16H,1-2,7,9,12-13H2,(H,24,26). The predicted molar refractivity (Wildman–Crippen MR) is 103 cm³/mol. The van der Waals surface area contributed by atoms with Crippen molar-refractivity contribution < 1.29 is 27.5 Å². The van der Waals surface area contributed by atoms with E-state index in [1.54, 1.807) is 29.2 Å². The van der Waals surface area contributed by atoms with Gasteiger partial charge < -0.3 is 15.0 Å². The lowest BCUT2D eigenvalue weighted by molar-refractivity contribution is -0.153. The molecule has 1 saturated heterocycles. The Balaban J connectivity index is 1.60. The van der Waals surface area contributed by atoms with Crippen LogP contribution in [0.1, 0.15) is 34.5 Å². The number of halogens is 3. The van der Waals surface area contributed by atoms with Crippen molar-refractivity contribution in [1.29, 1.82) is 0 Å². The quantitative estimate of drug-likeness (QED) is 0.760. The van der Waals surface area contributed by atoms with E-state index >= 15 is 0 Å². The zero-order valence-corrected chi connectivity index (χ0v) is 16.4. The van der Waals surface area contributed by atoms with Crippen LogP contribution in [0.3, 0.4) is 0 Å². The molecule has 156 valence electrons. The van der Waals surface area contributed by atoms with Crippen LogP contribution in [0.2, 0.25) is 0 Å². The number of rotatable bonds is 6. The van der Waals surface area contributed by atoms with Crippen LogP contribution in [-0.4, -0.2) is 42.1 Å². The summed E-state index contributed by atoms with van der Waals surface area (Å²) in [6, 6.07) is 9.13. The topological polar surface area (TPSA) is 58.6 Å². The molecule has 1 aromatic heterocycles. The van der Waals surface area contributed by atoms with E-state index in [0.717, 1.165) is 12.8 Å². The van der Waals surface area contributed by atoms with Crippen molar-refractivity contribution in [2.24, 2.45) is 0 Å². The van der Waals surface area contributed by atoms with Gasteiger partial charge in [0, 0.05) is 13.1 Å². The van der Waals surface area contributed by atoms with Crippen molar-refractivity contribution in [3.05, 3.63) is 52.2 Å². The van der Waals surface area contributed by atoms with Gasteiger partial charge in [-0.3, -0.25) is 9.59 Å². The summed E-state index contributed by atoms with van der Waals surface area (Å²) in [6.45, 7) is -0.708. The first-order valence-corrected chi connectivity index (χ1v) is 10.1. The zero-order valence-electron chi connectivity index (χ0n) is 15.6. The van der Waals surface area contributed by atoms with Crippen LogP contribution < -0.4 is 10.1 Å². The third-order valence-electron chi connectivity index (χ3n) is 4.57. The summed E-state index contributed by atoms with van der Waals surface area (Å²) in [5, 5.41) is 4.61. The van der Waals surface area contributed by atoms with Gasteiger partial charge in [0.15, 0.2) is 6.61 Å². The number of carbonyl (C=O) groups is 2. The lowest BCUT2D eigenvalue weighted by Gasteiger charge is -2.34. The van der Waals surface area contributed by atoms with Gasteiger partial charge in [-0.1, -0.05) is 18.2 Å². The molecular formula is C20H21F3N2O3S. The van der Waals surface area contributed by atoms with Crippen LogP contribution in [0.5, 0.6) is 5.75 Å². The minimum atomic E-state index is -4.41. The van der Waals surface area contributed by atoms with Crippen LogP contribution in [0.15, 0.2) is 41.8 Å². The second-order valence-electron chi connectivity index (χ2n) is 6.76. The van der Waals surface area contributed by atoms with E-state index in [1.165, 1.54) is 23.5 Å². The molecule has 1 N–H and O–H groups in total. The number of nitrogens with one attached hydrogen (secondary N) is 1. The van der Waals surface area contributed by atoms with Crippen molar-refractivity contribution in [1.82, 2.24) is 10.2 Å². The summed E-state index contributed by atoms with van der Waals surface area (Å²) in [4.78, 5) is 27.6. The van der Waals surface area contributed by atoms with E-state index in [-0.39, 0.29) is 24.1 Å². The molecule has 9 heteroatoms. The number of nitrogens with zero attached hydrogens (tertiary/aromatic N) is 1. The van der Waals surface area contributed by atoms with Gasteiger partial charge in [-0.25, -0.2) is 0 Å². The van der Waals surface area contributed by atoms with E-state index in [2.05, 4.69) is 5.32 Å². The number of likely N-dealkylation sites (tertiary alicyclic amines) is 1. The number of hydrogen-bond acceptors (Lipinski definition) is 4. The second kappa shape index (κ2) is 9.30. The summed E-state index contributed by atoms with van der Waals surface area (Å²) in [6.07, 6.45) is -2.13. The third-order valence-corrected chi connectivity index (χ3v) is 5.42. The number of carbonyl (C=O) groups excluding carboxylic acids is 2. The summed E-state index contributed by atoms with van der Waals surface area (Å²) in [5.74, 6) is -0.333. The maximum atomic E-state index is 12.7. The molecule has 2 heterocycles.